The Morgan fingerprint density at radius 3 is 2.84 bits per heavy atom. The number of hydrogen-bond donors (Lipinski definition) is 2. The molecular weight excluding hydrogens is 470 g/mol. The minimum absolute atomic E-state index is 0.00290. The van der Waals surface area contributed by atoms with Crippen molar-refractivity contribution in [3.05, 3.63) is 53.1 Å². The van der Waals surface area contributed by atoms with Crippen LogP contribution >= 0.6 is 0 Å². The van der Waals surface area contributed by atoms with E-state index in [4.69, 9.17) is 9.26 Å². The minimum Gasteiger partial charge on any atom is -0.490 e. The molecule has 9 nitrogen and oxygen atoms in total. The summed E-state index contributed by atoms with van der Waals surface area (Å²) in [7, 11) is 1.60. The number of piperidine rings is 1. The van der Waals surface area contributed by atoms with E-state index in [9.17, 15) is 15.2 Å². The van der Waals surface area contributed by atoms with Crippen molar-refractivity contribution in [3.8, 4) is 34.7 Å². The molecule has 194 valence electrons. The number of nitrogens with one attached hydrogen (secondary N) is 1. The number of amides is 2. The van der Waals surface area contributed by atoms with Crippen LogP contribution in [-0.4, -0.2) is 58.5 Å². The Bertz CT molecular complexity index is 1280. The van der Waals surface area contributed by atoms with Crippen molar-refractivity contribution < 1.29 is 19.2 Å². The van der Waals surface area contributed by atoms with Gasteiger partial charge >= 0.3 is 6.03 Å². The van der Waals surface area contributed by atoms with Crippen LogP contribution in [-0.2, 0) is 12.8 Å². The molecule has 1 atom stereocenters. The summed E-state index contributed by atoms with van der Waals surface area (Å²) in [4.78, 5) is 17.2. The maximum Gasteiger partial charge on any atom is 0.317 e. The summed E-state index contributed by atoms with van der Waals surface area (Å²) in [6.07, 6.45) is 4.71. The number of nitrogens with zero attached hydrogens (tertiary/aromatic N) is 4. The van der Waals surface area contributed by atoms with Gasteiger partial charge in [0.25, 0.3) is 5.89 Å². The van der Waals surface area contributed by atoms with Gasteiger partial charge in [-0.15, -0.1) is 0 Å². The molecule has 37 heavy (non-hydrogen) atoms. The number of aliphatic hydroxyl groups is 1. The van der Waals surface area contributed by atoms with E-state index >= 15 is 0 Å². The number of aromatic nitrogens is 2. The lowest BCUT2D eigenvalue weighted by Crippen LogP contribution is -2.46. The molecule has 0 bridgehead atoms. The molecule has 1 aromatic heterocycles. The first-order valence-corrected chi connectivity index (χ1v) is 12.7. The van der Waals surface area contributed by atoms with E-state index in [0.717, 1.165) is 37.8 Å². The molecule has 2 heterocycles. The first-order valence-electron chi connectivity index (χ1n) is 12.7. The molecule has 2 aliphatic rings. The number of carbonyl (C=O) groups excluding carboxylic acids is 1. The summed E-state index contributed by atoms with van der Waals surface area (Å²) < 4.78 is 11.1. The molecule has 1 aliphatic carbocycles. The Hall–Kier alpha value is -3.90. The number of β-amino-alcohol motifs (C(OH)–C–C–N with tert-alkyl or cyclic N) is 1. The van der Waals surface area contributed by atoms with Gasteiger partial charge < -0.3 is 24.6 Å². The summed E-state index contributed by atoms with van der Waals surface area (Å²) in [6, 6.07) is 13.7. The van der Waals surface area contributed by atoms with Gasteiger partial charge in [0.1, 0.15) is 11.8 Å². The number of likely N-dealkylation sites (tertiary alicyclic amines) is 1. The van der Waals surface area contributed by atoms with E-state index in [0.29, 0.717) is 35.1 Å². The van der Waals surface area contributed by atoms with Crippen LogP contribution < -0.4 is 10.1 Å². The second kappa shape index (κ2) is 11.9. The zero-order chi connectivity index (χ0) is 26.4. The van der Waals surface area contributed by atoms with E-state index in [1.807, 2.05) is 32.0 Å². The van der Waals surface area contributed by atoms with Crippen LogP contribution in [0.3, 0.4) is 0 Å². The second-order valence-electron chi connectivity index (χ2n) is 9.51. The molecule has 2 N–H and O–H groups in total. The van der Waals surface area contributed by atoms with Crippen LogP contribution in [0.25, 0.3) is 22.8 Å². The standard InChI is InChI=1S/C21H19N3O2.C7H14N2O2/c1-13(2)25-19-10-9-15(11-16(19)12-22)21-23-20(24-26-21)18-8-4-6-14-5-3-7-17(14)18;1-8-7(11)9-4-2-3-6(10)5-9/h4,6,8-11,13H,3,5,7H2,1-2H3;6,10H,2-5H2,1H3,(H,8,11). The topological polar surface area (TPSA) is 125 Å². The van der Waals surface area contributed by atoms with Crippen molar-refractivity contribution in [2.24, 2.45) is 0 Å². The molecule has 0 radical (unpaired) electrons. The van der Waals surface area contributed by atoms with E-state index < -0.39 is 0 Å². The fourth-order valence-electron chi connectivity index (χ4n) is 4.68. The van der Waals surface area contributed by atoms with Gasteiger partial charge in [-0.3, -0.25) is 0 Å². The quantitative estimate of drug-likeness (QED) is 0.543. The summed E-state index contributed by atoms with van der Waals surface area (Å²) in [5, 5.41) is 25.3. The number of fused-ring (bicyclic) bond motifs is 1. The maximum absolute atomic E-state index is 11.0. The Labute approximate surface area is 217 Å². The van der Waals surface area contributed by atoms with Crippen molar-refractivity contribution >= 4 is 6.03 Å². The smallest absolute Gasteiger partial charge is 0.317 e. The number of aliphatic hydroxyl groups excluding tert-OH is 1. The van der Waals surface area contributed by atoms with Crippen LogP contribution in [0.1, 0.15) is 49.8 Å². The Morgan fingerprint density at radius 2 is 2.11 bits per heavy atom. The normalized spacial score (nSPS) is 16.4. The number of ether oxygens (including phenoxy) is 1. The highest BCUT2D eigenvalue weighted by Gasteiger charge is 2.21. The molecule has 1 fully saturated rings. The van der Waals surface area contributed by atoms with Gasteiger partial charge in [-0.2, -0.15) is 10.2 Å². The average Bonchev–Trinajstić information content (AvgIpc) is 3.58. The van der Waals surface area contributed by atoms with Gasteiger partial charge in [-0.25, -0.2) is 4.79 Å². The van der Waals surface area contributed by atoms with Crippen molar-refractivity contribution in [1.29, 1.82) is 5.26 Å². The van der Waals surface area contributed by atoms with Gasteiger partial charge in [0.05, 0.1) is 17.8 Å². The third-order valence-corrected chi connectivity index (χ3v) is 6.42. The van der Waals surface area contributed by atoms with Crippen LogP contribution in [0.15, 0.2) is 40.9 Å². The van der Waals surface area contributed by atoms with Crippen LogP contribution in [0.4, 0.5) is 4.79 Å². The van der Waals surface area contributed by atoms with Crippen molar-refractivity contribution in [2.45, 2.75) is 58.2 Å². The minimum atomic E-state index is -0.332. The van der Waals surface area contributed by atoms with Crippen molar-refractivity contribution in [3.63, 3.8) is 0 Å². The molecule has 2 aromatic carbocycles. The third-order valence-electron chi connectivity index (χ3n) is 6.42. The monoisotopic (exact) mass is 503 g/mol. The average molecular weight is 504 g/mol. The molecule has 1 aliphatic heterocycles. The number of hydrogen-bond acceptors (Lipinski definition) is 7. The Balaban J connectivity index is 0.000000245. The number of benzene rings is 2. The number of aryl methyl sites for hydroxylation is 1. The summed E-state index contributed by atoms with van der Waals surface area (Å²) in [6.45, 7) is 5.09. The van der Waals surface area contributed by atoms with Crippen LogP contribution in [0, 0.1) is 11.3 Å². The van der Waals surface area contributed by atoms with E-state index in [-0.39, 0.29) is 18.2 Å². The van der Waals surface area contributed by atoms with Gasteiger partial charge in [0.2, 0.25) is 5.82 Å². The Morgan fingerprint density at radius 1 is 1.27 bits per heavy atom. The SMILES string of the molecule is CC(C)Oc1ccc(-c2nc(-c3cccc4c3CCC4)no2)cc1C#N.CNC(=O)N1CCCC(O)C1. The first-order chi connectivity index (χ1) is 17.9. The number of rotatable bonds is 4. The van der Waals surface area contributed by atoms with Crippen molar-refractivity contribution in [1.82, 2.24) is 20.4 Å². The number of nitriles is 1. The molecule has 0 spiro atoms. The highest BCUT2D eigenvalue weighted by molar-refractivity contribution is 5.73. The predicted octanol–water partition coefficient (Wildman–Crippen LogP) is 4.33. The zero-order valence-corrected chi connectivity index (χ0v) is 21.5. The molecule has 3 aromatic rings. The van der Waals surface area contributed by atoms with Gasteiger partial charge in [0.15, 0.2) is 0 Å². The summed E-state index contributed by atoms with van der Waals surface area (Å²) in [5.74, 6) is 1.56. The van der Waals surface area contributed by atoms with Crippen LogP contribution in [0.5, 0.6) is 5.75 Å². The van der Waals surface area contributed by atoms with Gasteiger partial charge in [-0.05, 0) is 75.3 Å². The molecule has 0 saturated carbocycles. The molecule has 2 amide bonds. The van der Waals surface area contributed by atoms with E-state index in [1.165, 1.54) is 17.5 Å². The lowest BCUT2D eigenvalue weighted by molar-refractivity contribution is 0.0849. The molecule has 5 rings (SSSR count). The number of urea groups is 1. The molecule has 1 unspecified atom stereocenters. The summed E-state index contributed by atoms with van der Waals surface area (Å²) >= 11 is 0. The predicted molar refractivity (Wildman–Crippen MR) is 139 cm³/mol. The molecule has 9 heteroatoms. The molecular formula is C28H33N5O4. The van der Waals surface area contributed by atoms with Crippen LogP contribution in [0.2, 0.25) is 0 Å². The third kappa shape index (κ3) is 6.27. The lowest BCUT2D eigenvalue weighted by Gasteiger charge is -2.29. The highest BCUT2D eigenvalue weighted by Crippen LogP contribution is 2.33. The fraction of sp³-hybridized carbons (Fsp3) is 0.429. The Kier molecular flexibility index (Phi) is 8.41. The first kappa shape index (κ1) is 26.2. The van der Waals surface area contributed by atoms with Gasteiger partial charge in [-0.1, -0.05) is 23.4 Å². The van der Waals surface area contributed by atoms with Gasteiger partial charge in [0, 0.05) is 31.3 Å². The zero-order valence-electron chi connectivity index (χ0n) is 21.5. The van der Waals surface area contributed by atoms with E-state index in [2.05, 4.69) is 27.6 Å². The maximum atomic E-state index is 11.0. The highest BCUT2D eigenvalue weighted by atomic mass is 16.5. The molecule has 1 saturated heterocycles. The number of carbonyl (C=O) groups is 1. The lowest BCUT2D eigenvalue weighted by atomic mass is 10.0. The largest absolute Gasteiger partial charge is 0.490 e. The van der Waals surface area contributed by atoms with E-state index in [1.54, 1.807) is 24.1 Å². The second-order valence-corrected chi connectivity index (χ2v) is 9.51. The fourth-order valence-corrected chi connectivity index (χ4v) is 4.68. The van der Waals surface area contributed by atoms with Crippen molar-refractivity contribution in [2.75, 3.05) is 20.1 Å². The summed E-state index contributed by atoms with van der Waals surface area (Å²) in [5.41, 5.74) is 4.89.